The van der Waals surface area contributed by atoms with Gasteiger partial charge in [0.25, 0.3) is 5.91 Å². The molecule has 1 saturated heterocycles. The van der Waals surface area contributed by atoms with E-state index in [1.54, 1.807) is 14.2 Å². The number of hydrogen-bond donors (Lipinski definition) is 0. The summed E-state index contributed by atoms with van der Waals surface area (Å²) in [5.74, 6) is 2.24. The second-order valence-corrected chi connectivity index (χ2v) is 6.77. The van der Waals surface area contributed by atoms with E-state index in [4.69, 9.17) is 14.2 Å². The number of hydrogen-bond acceptors (Lipinski definition) is 4. The molecule has 2 aliphatic heterocycles. The Kier molecular flexibility index (Phi) is 4.75. The van der Waals surface area contributed by atoms with Crippen LogP contribution < -0.4 is 14.2 Å². The Morgan fingerprint density at radius 3 is 2.74 bits per heavy atom. The summed E-state index contributed by atoms with van der Waals surface area (Å²) in [5, 5.41) is 0. The molecule has 2 heterocycles. The molecule has 5 nitrogen and oxygen atoms in total. The number of nitrogens with zero attached hydrogens (tertiary/aromatic N) is 1. The van der Waals surface area contributed by atoms with Gasteiger partial charge in [-0.25, -0.2) is 0 Å². The number of methoxy groups -OCH3 is 2. The Balaban J connectivity index is 1.60. The highest BCUT2D eigenvalue weighted by Crippen LogP contribution is 2.38. The predicted molar refractivity (Wildman–Crippen MR) is 103 cm³/mol. The summed E-state index contributed by atoms with van der Waals surface area (Å²) in [6.45, 7) is 1.06. The van der Waals surface area contributed by atoms with E-state index in [1.807, 2.05) is 53.4 Å². The highest BCUT2D eigenvalue weighted by atomic mass is 16.5. The van der Waals surface area contributed by atoms with Crippen LogP contribution in [0.15, 0.2) is 48.0 Å². The van der Waals surface area contributed by atoms with Gasteiger partial charge in [0.1, 0.15) is 12.4 Å². The SMILES string of the molecule is COc1ccc(C2CCCN2C(=O)C2=Cc3ccccc3OC2)cc1OC. The van der Waals surface area contributed by atoms with Gasteiger partial charge < -0.3 is 19.1 Å². The van der Waals surface area contributed by atoms with Crippen molar-refractivity contribution in [2.24, 2.45) is 0 Å². The second-order valence-electron chi connectivity index (χ2n) is 6.77. The minimum atomic E-state index is 0.0374. The van der Waals surface area contributed by atoms with Crippen LogP contribution in [-0.2, 0) is 4.79 Å². The van der Waals surface area contributed by atoms with Crippen LogP contribution in [0, 0.1) is 0 Å². The van der Waals surface area contributed by atoms with Gasteiger partial charge in [0, 0.05) is 12.1 Å². The molecule has 4 rings (SSSR count). The predicted octanol–water partition coefficient (Wildman–Crippen LogP) is 3.84. The van der Waals surface area contributed by atoms with Crippen LogP contribution in [0.25, 0.3) is 6.08 Å². The zero-order chi connectivity index (χ0) is 18.8. The van der Waals surface area contributed by atoms with Gasteiger partial charge in [0.05, 0.1) is 25.8 Å². The number of carbonyl (C=O) groups excluding carboxylic acids is 1. The van der Waals surface area contributed by atoms with Gasteiger partial charge in [-0.15, -0.1) is 0 Å². The van der Waals surface area contributed by atoms with Crippen molar-refractivity contribution >= 4 is 12.0 Å². The van der Waals surface area contributed by atoms with Gasteiger partial charge in [-0.1, -0.05) is 24.3 Å². The van der Waals surface area contributed by atoms with Gasteiger partial charge in [-0.2, -0.15) is 0 Å². The first-order valence-corrected chi connectivity index (χ1v) is 9.16. The fourth-order valence-corrected chi connectivity index (χ4v) is 3.84. The molecule has 27 heavy (non-hydrogen) atoms. The Labute approximate surface area is 159 Å². The van der Waals surface area contributed by atoms with Crippen molar-refractivity contribution < 1.29 is 19.0 Å². The van der Waals surface area contributed by atoms with Crippen molar-refractivity contribution in [1.82, 2.24) is 4.90 Å². The number of benzene rings is 2. The zero-order valence-corrected chi connectivity index (χ0v) is 15.6. The number of ether oxygens (including phenoxy) is 3. The van der Waals surface area contributed by atoms with Crippen LogP contribution in [0.4, 0.5) is 0 Å². The van der Waals surface area contributed by atoms with Gasteiger partial charge in [-0.05, 0) is 42.7 Å². The van der Waals surface area contributed by atoms with Crippen molar-refractivity contribution in [1.29, 1.82) is 0 Å². The van der Waals surface area contributed by atoms with E-state index in [2.05, 4.69) is 0 Å². The standard InChI is InChI=1S/C22H23NO4/c1-25-20-10-9-15(13-21(20)26-2)18-7-5-11-23(18)22(24)17-12-16-6-3-4-8-19(16)27-14-17/h3-4,6,8-10,12-13,18H,5,7,11,14H2,1-2H3. The second kappa shape index (κ2) is 7.35. The fraction of sp³-hybridized carbons (Fsp3) is 0.318. The Bertz CT molecular complexity index is 890. The maximum absolute atomic E-state index is 13.2. The molecule has 2 aliphatic rings. The van der Waals surface area contributed by atoms with Crippen molar-refractivity contribution in [3.8, 4) is 17.2 Å². The third kappa shape index (κ3) is 3.25. The van der Waals surface area contributed by atoms with Crippen LogP contribution in [0.2, 0.25) is 0 Å². The van der Waals surface area contributed by atoms with Crippen LogP contribution in [0.3, 0.4) is 0 Å². The molecule has 0 N–H and O–H groups in total. The lowest BCUT2D eigenvalue weighted by Crippen LogP contribution is -2.34. The van der Waals surface area contributed by atoms with E-state index in [-0.39, 0.29) is 11.9 Å². The summed E-state index contributed by atoms with van der Waals surface area (Å²) in [6, 6.07) is 13.7. The number of carbonyl (C=O) groups is 1. The molecule has 5 heteroatoms. The maximum atomic E-state index is 13.2. The van der Waals surface area contributed by atoms with Gasteiger partial charge >= 0.3 is 0 Å². The van der Waals surface area contributed by atoms with Crippen LogP contribution in [0.5, 0.6) is 17.2 Å². The highest BCUT2D eigenvalue weighted by Gasteiger charge is 2.33. The molecule has 0 aromatic heterocycles. The minimum absolute atomic E-state index is 0.0374. The molecule has 1 atom stereocenters. The molecule has 0 radical (unpaired) electrons. The molecular weight excluding hydrogens is 342 g/mol. The molecule has 2 aromatic rings. The molecule has 140 valence electrons. The lowest BCUT2D eigenvalue weighted by atomic mass is 10.0. The van der Waals surface area contributed by atoms with Crippen LogP contribution in [0.1, 0.15) is 30.0 Å². The van der Waals surface area contributed by atoms with E-state index >= 15 is 0 Å². The van der Waals surface area contributed by atoms with E-state index in [0.29, 0.717) is 23.7 Å². The molecule has 0 aliphatic carbocycles. The molecule has 0 bridgehead atoms. The molecule has 1 fully saturated rings. The summed E-state index contributed by atoms with van der Waals surface area (Å²) < 4.78 is 16.5. The smallest absolute Gasteiger partial charge is 0.253 e. The highest BCUT2D eigenvalue weighted by molar-refractivity contribution is 5.99. The molecular formula is C22H23NO4. The Hall–Kier alpha value is -2.95. The largest absolute Gasteiger partial charge is 0.493 e. The molecule has 1 amide bonds. The summed E-state index contributed by atoms with van der Waals surface area (Å²) in [5.41, 5.74) is 2.71. The number of amides is 1. The zero-order valence-electron chi connectivity index (χ0n) is 15.6. The normalized spacial score (nSPS) is 18.4. The van der Waals surface area contributed by atoms with E-state index < -0.39 is 0 Å². The topological polar surface area (TPSA) is 48.0 Å². The monoisotopic (exact) mass is 365 g/mol. The third-order valence-corrected chi connectivity index (χ3v) is 5.21. The minimum Gasteiger partial charge on any atom is -0.493 e. The number of likely N-dealkylation sites (tertiary alicyclic amines) is 1. The van der Waals surface area contributed by atoms with Crippen LogP contribution >= 0.6 is 0 Å². The lowest BCUT2D eigenvalue weighted by Gasteiger charge is -2.28. The quantitative estimate of drug-likeness (QED) is 0.826. The summed E-state index contributed by atoms with van der Waals surface area (Å²) in [4.78, 5) is 15.1. The van der Waals surface area contributed by atoms with Gasteiger partial charge in [-0.3, -0.25) is 4.79 Å². The maximum Gasteiger partial charge on any atom is 0.253 e. The van der Waals surface area contributed by atoms with Gasteiger partial charge in [0.15, 0.2) is 11.5 Å². The first-order chi connectivity index (χ1) is 13.2. The summed E-state index contributed by atoms with van der Waals surface area (Å²) in [6.07, 6.45) is 3.87. The van der Waals surface area contributed by atoms with E-state index in [0.717, 1.165) is 36.3 Å². The Morgan fingerprint density at radius 1 is 1.11 bits per heavy atom. The molecule has 1 unspecified atom stereocenters. The average Bonchev–Trinajstić information content (AvgIpc) is 3.22. The number of fused-ring (bicyclic) bond motifs is 1. The molecule has 0 spiro atoms. The molecule has 2 aromatic carbocycles. The molecule has 0 saturated carbocycles. The Morgan fingerprint density at radius 2 is 1.93 bits per heavy atom. The number of para-hydroxylation sites is 1. The number of rotatable bonds is 4. The van der Waals surface area contributed by atoms with Gasteiger partial charge in [0.2, 0.25) is 0 Å². The van der Waals surface area contributed by atoms with Crippen LogP contribution in [-0.4, -0.2) is 38.2 Å². The van der Waals surface area contributed by atoms with E-state index in [9.17, 15) is 4.79 Å². The summed E-state index contributed by atoms with van der Waals surface area (Å²) >= 11 is 0. The van der Waals surface area contributed by atoms with E-state index in [1.165, 1.54) is 0 Å². The van der Waals surface area contributed by atoms with Crippen molar-refractivity contribution in [3.63, 3.8) is 0 Å². The first kappa shape index (κ1) is 17.5. The fourth-order valence-electron chi connectivity index (χ4n) is 3.84. The lowest BCUT2D eigenvalue weighted by molar-refractivity contribution is -0.128. The van der Waals surface area contributed by atoms with Crippen molar-refractivity contribution in [2.75, 3.05) is 27.4 Å². The average molecular weight is 365 g/mol. The summed E-state index contributed by atoms with van der Waals surface area (Å²) in [7, 11) is 3.25. The van der Waals surface area contributed by atoms with Crippen molar-refractivity contribution in [2.45, 2.75) is 18.9 Å². The first-order valence-electron chi connectivity index (χ1n) is 9.16. The van der Waals surface area contributed by atoms with Crippen molar-refractivity contribution in [3.05, 3.63) is 59.2 Å². The third-order valence-electron chi connectivity index (χ3n) is 5.21.